The van der Waals surface area contributed by atoms with Gasteiger partial charge in [-0.3, -0.25) is 9.47 Å². The van der Waals surface area contributed by atoms with Crippen LogP contribution in [0, 0.1) is 6.92 Å². The first-order valence-corrected chi connectivity index (χ1v) is 11.2. The van der Waals surface area contributed by atoms with E-state index in [1.807, 2.05) is 6.92 Å². The van der Waals surface area contributed by atoms with Crippen molar-refractivity contribution in [2.24, 2.45) is 0 Å². The predicted molar refractivity (Wildman–Crippen MR) is 112 cm³/mol. The number of rotatable bonds is 4. The molecule has 0 amide bonds. The maximum atomic E-state index is 13.0. The quantitative estimate of drug-likeness (QED) is 0.629. The summed E-state index contributed by atoms with van der Waals surface area (Å²) in [4.78, 5) is 14.6. The van der Waals surface area contributed by atoms with Crippen LogP contribution in [0.1, 0.15) is 12.0 Å². The molecule has 0 atom stereocenters. The monoisotopic (exact) mass is 435 g/mol. The molecule has 0 N–H and O–H groups in total. The van der Waals surface area contributed by atoms with Crippen molar-refractivity contribution in [3.05, 3.63) is 63.6 Å². The Morgan fingerprint density at radius 1 is 1.03 bits per heavy atom. The number of aryl methyl sites for hydroxylation is 1. The molecule has 29 heavy (non-hydrogen) atoms. The Hall–Kier alpha value is -2.13. The molecular weight excluding hydrogens is 414 g/mol. The number of sulfonamides is 1. The van der Waals surface area contributed by atoms with Gasteiger partial charge in [-0.1, -0.05) is 29.3 Å². The van der Waals surface area contributed by atoms with Gasteiger partial charge in [0.05, 0.1) is 17.1 Å². The van der Waals surface area contributed by atoms with Crippen LogP contribution in [0.4, 0.5) is 0 Å². The third-order valence-electron chi connectivity index (χ3n) is 5.18. The lowest BCUT2D eigenvalue weighted by Gasteiger charge is -2.22. The van der Waals surface area contributed by atoms with Gasteiger partial charge in [-0.2, -0.15) is 4.31 Å². The molecule has 9 heteroatoms. The Morgan fingerprint density at radius 3 is 2.55 bits per heavy atom. The Balaban J connectivity index is 1.50. The number of fused-ring (bicyclic) bond motifs is 1. The number of nitrogens with zero attached hydrogens (tertiary/aromatic N) is 3. The van der Waals surface area contributed by atoms with Crippen LogP contribution in [-0.4, -0.2) is 48.4 Å². The minimum atomic E-state index is -3.53. The highest BCUT2D eigenvalue weighted by Gasteiger charge is 2.27. The van der Waals surface area contributed by atoms with E-state index in [4.69, 9.17) is 16.0 Å². The molecule has 2 heterocycles. The molecule has 0 unspecified atom stereocenters. The summed E-state index contributed by atoms with van der Waals surface area (Å²) < 4.78 is 34.3. The zero-order valence-electron chi connectivity index (χ0n) is 16.0. The number of oxazole rings is 1. The molecule has 1 aliphatic rings. The van der Waals surface area contributed by atoms with Gasteiger partial charge in [0.2, 0.25) is 10.0 Å². The van der Waals surface area contributed by atoms with E-state index in [1.54, 1.807) is 47.0 Å². The summed E-state index contributed by atoms with van der Waals surface area (Å²) >= 11 is 5.97. The second-order valence-electron chi connectivity index (χ2n) is 7.24. The Morgan fingerprint density at radius 2 is 1.79 bits per heavy atom. The van der Waals surface area contributed by atoms with Gasteiger partial charge >= 0.3 is 5.76 Å². The maximum absolute atomic E-state index is 13.0. The van der Waals surface area contributed by atoms with Crippen molar-refractivity contribution in [2.75, 3.05) is 26.2 Å². The molecule has 7 nitrogen and oxygen atoms in total. The molecule has 154 valence electrons. The Kier molecular flexibility index (Phi) is 5.52. The topological polar surface area (TPSA) is 75.8 Å². The molecule has 1 aromatic heterocycles. The summed E-state index contributed by atoms with van der Waals surface area (Å²) in [5.41, 5.74) is 2.14. The van der Waals surface area contributed by atoms with E-state index in [1.165, 1.54) is 4.31 Å². The number of halogens is 1. The Bertz CT molecular complexity index is 1180. The van der Waals surface area contributed by atoms with Gasteiger partial charge in [-0.15, -0.1) is 0 Å². The summed E-state index contributed by atoms with van der Waals surface area (Å²) in [6, 6.07) is 12.0. The average Bonchev–Trinajstić information content (AvgIpc) is 2.84. The lowest BCUT2D eigenvalue weighted by atomic mass is 10.2. The van der Waals surface area contributed by atoms with Gasteiger partial charge in [0.25, 0.3) is 0 Å². The highest BCUT2D eigenvalue weighted by Crippen LogP contribution is 2.21. The number of hydrogen-bond donors (Lipinski definition) is 0. The second-order valence-corrected chi connectivity index (χ2v) is 9.61. The first kappa shape index (κ1) is 20.2. The SMILES string of the molecule is Cc1ccc(S(=O)(=O)N2CCCN(Cn3c(=O)oc4cc(Cl)ccc43)CC2)cc1. The van der Waals surface area contributed by atoms with E-state index in [9.17, 15) is 13.2 Å². The van der Waals surface area contributed by atoms with E-state index < -0.39 is 15.8 Å². The molecule has 1 saturated heterocycles. The minimum absolute atomic E-state index is 0.311. The van der Waals surface area contributed by atoms with Gasteiger partial charge in [0.1, 0.15) is 0 Å². The first-order chi connectivity index (χ1) is 13.8. The van der Waals surface area contributed by atoms with Crippen molar-refractivity contribution in [3.63, 3.8) is 0 Å². The fraction of sp³-hybridized carbons (Fsp3) is 0.350. The molecule has 0 bridgehead atoms. The molecule has 0 aliphatic carbocycles. The van der Waals surface area contributed by atoms with E-state index in [-0.39, 0.29) is 0 Å². The first-order valence-electron chi connectivity index (χ1n) is 9.43. The van der Waals surface area contributed by atoms with E-state index in [2.05, 4.69) is 4.90 Å². The lowest BCUT2D eigenvalue weighted by molar-refractivity contribution is 0.224. The van der Waals surface area contributed by atoms with E-state index in [0.717, 1.165) is 5.56 Å². The number of aromatic nitrogens is 1. The average molecular weight is 436 g/mol. The fourth-order valence-corrected chi connectivity index (χ4v) is 5.19. The van der Waals surface area contributed by atoms with Gasteiger partial charge in [0.15, 0.2) is 5.58 Å². The molecule has 4 rings (SSSR count). The molecule has 0 radical (unpaired) electrons. The van der Waals surface area contributed by atoms with Crippen molar-refractivity contribution < 1.29 is 12.8 Å². The predicted octanol–water partition coefficient (Wildman–Crippen LogP) is 2.91. The highest BCUT2D eigenvalue weighted by molar-refractivity contribution is 7.89. The molecule has 0 spiro atoms. The fourth-order valence-electron chi connectivity index (χ4n) is 3.56. The van der Waals surface area contributed by atoms with Crippen LogP contribution in [0.15, 0.2) is 56.6 Å². The molecule has 3 aromatic rings. The minimum Gasteiger partial charge on any atom is -0.408 e. The summed E-state index contributed by atoms with van der Waals surface area (Å²) in [5, 5.41) is 0.505. The van der Waals surface area contributed by atoms with Crippen molar-refractivity contribution >= 4 is 32.7 Å². The largest absolute Gasteiger partial charge is 0.421 e. The number of hydrogen-bond acceptors (Lipinski definition) is 5. The van der Waals surface area contributed by atoms with Crippen LogP contribution in [0.2, 0.25) is 5.02 Å². The van der Waals surface area contributed by atoms with Crippen LogP contribution in [0.3, 0.4) is 0 Å². The standard InChI is InChI=1S/C20H22ClN3O4S/c1-15-3-6-17(7-4-15)29(26,27)23-10-2-9-22(11-12-23)14-24-18-8-5-16(21)13-19(18)28-20(24)25/h3-8,13H,2,9-12,14H2,1H3. The van der Waals surface area contributed by atoms with E-state index >= 15 is 0 Å². The summed E-state index contributed by atoms with van der Waals surface area (Å²) in [5.74, 6) is -0.448. The number of benzene rings is 2. The van der Waals surface area contributed by atoms with Crippen LogP contribution in [0.25, 0.3) is 11.1 Å². The maximum Gasteiger partial charge on any atom is 0.421 e. The van der Waals surface area contributed by atoms with Gasteiger partial charge < -0.3 is 4.42 Å². The van der Waals surface area contributed by atoms with E-state index in [0.29, 0.717) is 60.3 Å². The van der Waals surface area contributed by atoms with Crippen LogP contribution >= 0.6 is 11.6 Å². The lowest BCUT2D eigenvalue weighted by Crippen LogP contribution is -2.36. The van der Waals surface area contributed by atoms with Crippen molar-refractivity contribution in [1.82, 2.24) is 13.8 Å². The zero-order valence-corrected chi connectivity index (χ0v) is 17.6. The van der Waals surface area contributed by atoms with Crippen LogP contribution < -0.4 is 5.76 Å². The second kappa shape index (κ2) is 7.95. The van der Waals surface area contributed by atoms with Gasteiger partial charge in [-0.25, -0.2) is 13.2 Å². The molecule has 0 saturated carbocycles. The smallest absolute Gasteiger partial charge is 0.408 e. The summed E-state index contributed by atoms with van der Waals surface area (Å²) in [6.45, 7) is 4.29. The normalized spacial score (nSPS) is 16.9. The van der Waals surface area contributed by atoms with Crippen LogP contribution in [0.5, 0.6) is 0 Å². The van der Waals surface area contributed by atoms with Gasteiger partial charge in [0, 0.05) is 37.3 Å². The van der Waals surface area contributed by atoms with Crippen molar-refractivity contribution in [3.8, 4) is 0 Å². The molecule has 1 aliphatic heterocycles. The third-order valence-corrected chi connectivity index (χ3v) is 7.33. The zero-order chi connectivity index (χ0) is 20.6. The molecule has 1 fully saturated rings. The molecular formula is C20H22ClN3O4S. The molecule has 2 aromatic carbocycles. The van der Waals surface area contributed by atoms with Crippen molar-refractivity contribution in [1.29, 1.82) is 0 Å². The van der Waals surface area contributed by atoms with Crippen molar-refractivity contribution in [2.45, 2.75) is 24.9 Å². The Labute approximate surface area is 174 Å². The highest BCUT2D eigenvalue weighted by atomic mass is 35.5. The summed E-state index contributed by atoms with van der Waals surface area (Å²) in [6.07, 6.45) is 0.682. The summed E-state index contributed by atoms with van der Waals surface area (Å²) in [7, 11) is -3.53. The third kappa shape index (κ3) is 4.11. The van der Waals surface area contributed by atoms with Gasteiger partial charge in [-0.05, 0) is 37.6 Å². The van der Waals surface area contributed by atoms with Crippen LogP contribution in [-0.2, 0) is 16.7 Å².